The van der Waals surface area contributed by atoms with E-state index in [4.69, 9.17) is 19.3 Å². The number of carbonyl (C=O) groups excluding carboxylic acids is 1. The Labute approximate surface area is 132 Å². The Hall–Kier alpha value is -1.55. The van der Waals surface area contributed by atoms with Gasteiger partial charge in [-0.2, -0.15) is 0 Å². The lowest BCUT2D eigenvalue weighted by molar-refractivity contribution is -0.277. The fourth-order valence-corrected chi connectivity index (χ4v) is 2.23. The van der Waals surface area contributed by atoms with Gasteiger partial charge in [0.1, 0.15) is 36.8 Å². The van der Waals surface area contributed by atoms with E-state index < -0.39 is 37.3 Å². The summed E-state index contributed by atoms with van der Waals surface area (Å²) in [6.45, 7) is -0.567. The number of rotatable bonds is 6. The molecule has 1 aromatic rings. The molecule has 0 radical (unpaired) electrons. The number of carbonyl (C=O) groups is 1. The first kappa shape index (κ1) is 17.8. The number of hydrogen-bond donors (Lipinski definition) is 4. The second-order valence-corrected chi connectivity index (χ2v) is 5.20. The van der Waals surface area contributed by atoms with Gasteiger partial charge in [-0.15, -0.1) is 0 Å². The van der Waals surface area contributed by atoms with E-state index in [-0.39, 0.29) is 12.4 Å². The van der Waals surface area contributed by atoms with Crippen LogP contribution >= 0.6 is 0 Å². The average Bonchev–Trinajstić information content (AvgIpc) is 2.56. The van der Waals surface area contributed by atoms with Gasteiger partial charge in [-0.3, -0.25) is 4.79 Å². The van der Waals surface area contributed by atoms with Crippen LogP contribution in [0.1, 0.15) is 10.4 Å². The van der Waals surface area contributed by atoms with Crippen molar-refractivity contribution in [2.24, 2.45) is 0 Å². The molecule has 8 heteroatoms. The smallest absolute Gasteiger partial charge is 0.229 e. The van der Waals surface area contributed by atoms with Crippen molar-refractivity contribution >= 4 is 5.78 Å². The number of aliphatic hydroxyl groups is 4. The van der Waals surface area contributed by atoms with E-state index in [9.17, 15) is 20.1 Å². The number of aliphatic hydroxyl groups excluding tert-OH is 4. The normalized spacial score (nSPS) is 30.9. The van der Waals surface area contributed by atoms with E-state index in [0.29, 0.717) is 11.3 Å². The molecule has 0 saturated carbocycles. The highest BCUT2D eigenvalue weighted by molar-refractivity contribution is 5.97. The summed E-state index contributed by atoms with van der Waals surface area (Å²) in [5.74, 6) is 0.107. The summed E-state index contributed by atoms with van der Waals surface area (Å²) in [4.78, 5) is 11.6. The van der Waals surface area contributed by atoms with Gasteiger partial charge < -0.3 is 34.6 Å². The van der Waals surface area contributed by atoms with Crippen LogP contribution in [0.5, 0.6) is 5.75 Å². The van der Waals surface area contributed by atoms with Crippen LogP contribution in [0.15, 0.2) is 24.3 Å². The third-order valence-electron chi connectivity index (χ3n) is 3.55. The number of benzene rings is 1. The van der Waals surface area contributed by atoms with Crippen molar-refractivity contribution in [3.63, 3.8) is 0 Å². The van der Waals surface area contributed by atoms with Crippen LogP contribution in [0.4, 0.5) is 0 Å². The molecule has 1 heterocycles. The second-order valence-electron chi connectivity index (χ2n) is 5.20. The van der Waals surface area contributed by atoms with Crippen molar-refractivity contribution in [2.45, 2.75) is 30.7 Å². The van der Waals surface area contributed by atoms with E-state index >= 15 is 0 Å². The van der Waals surface area contributed by atoms with E-state index in [0.717, 1.165) is 0 Å². The lowest BCUT2D eigenvalue weighted by Gasteiger charge is -2.39. The molecule has 0 aromatic heterocycles. The van der Waals surface area contributed by atoms with Gasteiger partial charge in [0.2, 0.25) is 6.29 Å². The fraction of sp³-hybridized carbons (Fsp3) is 0.533. The zero-order chi connectivity index (χ0) is 17.0. The molecule has 2 rings (SSSR count). The maximum Gasteiger partial charge on any atom is 0.229 e. The molecule has 0 amide bonds. The molecule has 5 atom stereocenters. The summed E-state index contributed by atoms with van der Waals surface area (Å²) in [5.41, 5.74) is 0.438. The molecule has 128 valence electrons. The molecule has 0 aliphatic carbocycles. The van der Waals surface area contributed by atoms with Crippen LogP contribution in [0, 0.1) is 0 Å². The standard InChI is InChI=1S/C15H20O8/c1-21-7-10(17)8-2-4-9(5-3-8)22-15-14(20)13(19)12(18)11(6-16)23-15/h2-5,11-16,18-20H,6-7H2,1H3. The summed E-state index contributed by atoms with van der Waals surface area (Å²) in [5, 5.41) is 38.4. The zero-order valence-electron chi connectivity index (χ0n) is 12.5. The first-order valence-corrected chi connectivity index (χ1v) is 7.07. The molecule has 4 N–H and O–H groups in total. The highest BCUT2D eigenvalue weighted by atomic mass is 16.7. The van der Waals surface area contributed by atoms with Gasteiger partial charge in [-0.25, -0.2) is 0 Å². The van der Waals surface area contributed by atoms with E-state index in [1.54, 1.807) is 0 Å². The molecule has 23 heavy (non-hydrogen) atoms. The molecule has 1 aliphatic heterocycles. The van der Waals surface area contributed by atoms with Crippen LogP contribution in [0.3, 0.4) is 0 Å². The van der Waals surface area contributed by atoms with Gasteiger partial charge in [0.15, 0.2) is 5.78 Å². The first-order chi connectivity index (χ1) is 11.0. The molecule has 1 aliphatic rings. The number of methoxy groups -OCH3 is 1. The Bertz CT molecular complexity index is 515. The Morgan fingerprint density at radius 1 is 1.13 bits per heavy atom. The number of Topliss-reactive ketones (excluding diaryl/α,β-unsaturated/α-hetero) is 1. The van der Waals surface area contributed by atoms with Crippen molar-refractivity contribution in [3.05, 3.63) is 29.8 Å². The minimum absolute atomic E-state index is 0.0348. The third kappa shape index (κ3) is 4.05. The highest BCUT2D eigenvalue weighted by Crippen LogP contribution is 2.24. The van der Waals surface area contributed by atoms with Crippen LogP contribution in [-0.4, -0.2) is 77.2 Å². The lowest BCUT2D eigenvalue weighted by Crippen LogP contribution is -2.60. The van der Waals surface area contributed by atoms with Crippen molar-refractivity contribution in [3.8, 4) is 5.75 Å². The predicted molar refractivity (Wildman–Crippen MR) is 77.0 cm³/mol. The first-order valence-electron chi connectivity index (χ1n) is 7.07. The summed E-state index contributed by atoms with van der Waals surface area (Å²) in [6.07, 6.45) is -6.73. The van der Waals surface area contributed by atoms with Crippen LogP contribution < -0.4 is 4.74 Å². The zero-order valence-corrected chi connectivity index (χ0v) is 12.5. The third-order valence-corrected chi connectivity index (χ3v) is 3.55. The number of ether oxygens (including phenoxy) is 3. The van der Waals surface area contributed by atoms with Crippen molar-refractivity contribution < 1.29 is 39.4 Å². The monoisotopic (exact) mass is 328 g/mol. The van der Waals surface area contributed by atoms with E-state index in [2.05, 4.69) is 0 Å². The fourth-order valence-electron chi connectivity index (χ4n) is 2.23. The van der Waals surface area contributed by atoms with Crippen molar-refractivity contribution in [1.82, 2.24) is 0 Å². The lowest BCUT2D eigenvalue weighted by atomic mass is 9.99. The maximum atomic E-state index is 11.6. The Balaban J connectivity index is 2.04. The van der Waals surface area contributed by atoms with E-state index in [1.807, 2.05) is 0 Å². The van der Waals surface area contributed by atoms with Gasteiger partial charge >= 0.3 is 0 Å². The van der Waals surface area contributed by atoms with Crippen molar-refractivity contribution in [1.29, 1.82) is 0 Å². The second kappa shape index (κ2) is 7.82. The van der Waals surface area contributed by atoms with Crippen LogP contribution in [0.25, 0.3) is 0 Å². The number of hydrogen-bond acceptors (Lipinski definition) is 8. The molecule has 1 saturated heterocycles. The van der Waals surface area contributed by atoms with Crippen molar-refractivity contribution in [2.75, 3.05) is 20.3 Å². The maximum absolute atomic E-state index is 11.6. The van der Waals surface area contributed by atoms with Gasteiger partial charge in [0.25, 0.3) is 0 Å². The summed E-state index contributed by atoms with van der Waals surface area (Å²) >= 11 is 0. The Kier molecular flexibility index (Phi) is 6.05. The molecule has 1 aromatic carbocycles. The molecule has 1 fully saturated rings. The Morgan fingerprint density at radius 3 is 2.35 bits per heavy atom. The van der Waals surface area contributed by atoms with Gasteiger partial charge in [-0.05, 0) is 24.3 Å². The molecule has 8 nitrogen and oxygen atoms in total. The molecule has 0 spiro atoms. The molecule has 0 bridgehead atoms. The van der Waals surface area contributed by atoms with Gasteiger partial charge in [-0.1, -0.05) is 0 Å². The van der Waals surface area contributed by atoms with Crippen LogP contribution in [0.2, 0.25) is 0 Å². The predicted octanol–water partition coefficient (Wildman–Crippen LogP) is -1.31. The molecular formula is C15H20O8. The quantitative estimate of drug-likeness (QED) is 0.475. The van der Waals surface area contributed by atoms with Gasteiger partial charge in [0.05, 0.1) is 6.61 Å². The van der Waals surface area contributed by atoms with Gasteiger partial charge in [0, 0.05) is 12.7 Å². The minimum Gasteiger partial charge on any atom is -0.462 e. The van der Waals surface area contributed by atoms with Crippen LogP contribution in [-0.2, 0) is 9.47 Å². The minimum atomic E-state index is -1.51. The summed E-state index contributed by atoms with van der Waals surface area (Å²) in [7, 11) is 1.43. The molecular weight excluding hydrogens is 308 g/mol. The largest absolute Gasteiger partial charge is 0.462 e. The van der Waals surface area contributed by atoms with E-state index in [1.165, 1.54) is 31.4 Å². The highest BCUT2D eigenvalue weighted by Gasteiger charge is 2.44. The Morgan fingerprint density at radius 2 is 1.78 bits per heavy atom. The number of ketones is 1. The average molecular weight is 328 g/mol. The topological polar surface area (TPSA) is 126 Å². The molecule has 5 unspecified atom stereocenters. The SMILES string of the molecule is COCC(=O)c1ccc(OC2OC(CO)C(O)C(O)C2O)cc1. The summed E-state index contributed by atoms with van der Waals surface area (Å²) < 4.78 is 15.4. The summed E-state index contributed by atoms with van der Waals surface area (Å²) in [6, 6.07) is 6.07.